The van der Waals surface area contributed by atoms with Crippen LogP contribution in [0.25, 0.3) is 21.6 Å². The SMILES string of the molecule is C.C.CC(C)CCC(C)(C)C.CC(C)NS(=O)(=O)C1CC1.CC(C)Oc1nc2ccccc2nc1-c1cccs1. The van der Waals surface area contributed by atoms with Crippen LogP contribution in [0.2, 0.25) is 0 Å². The summed E-state index contributed by atoms with van der Waals surface area (Å²) in [4.78, 5) is 10.4. The van der Waals surface area contributed by atoms with E-state index < -0.39 is 10.0 Å². The van der Waals surface area contributed by atoms with Crippen molar-refractivity contribution in [1.29, 1.82) is 0 Å². The molecule has 1 aromatic carbocycles. The molecule has 0 spiro atoms. The lowest BCUT2D eigenvalue weighted by Crippen LogP contribution is -2.32. The maximum Gasteiger partial charge on any atom is 0.242 e. The van der Waals surface area contributed by atoms with Gasteiger partial charge in [-0.3, -0.25) is 0 Å². The van der Waals surface area contributed by atoms with Crippen molar-refractivity contribution in [2.24, 2.45) is 11.3 Å². The molecule has 1 aliphatic carbocycles. The van der Waals surface area contributed by atoms with Crippen molar-refractivity contribution in [3.8, 4) is 16.5 Å². The molecule has 6 nitrogen and oxygen atoms in total. The van der Waals surface area contributed by atoms with Gasteiger partial charge in [-0.15, -0.1) is 11.3 Å². The van der Waals surface area contributed by atoms with Gasteiger partial charge < -0.3 is 4.74 Å². The van der Waals surface area contributed by atoms with E-state index in [2.05, 4.69) is 44.3 Å². The average Bonchev–Trinajstić information content (AvgIpc) is 3.53. The summed E-state index contributed by atoms with van der Waals surface area (Å²) in [5.41, 5.74) is 3.10. The number of nitrogens with one attached hydrogen (secondary N) is 1. The van der Waals surface area contributed by atoms with Gasteiger partial charge in [-0.2, -0.15) is 0 Å². The number of para-hydroxylation sites is 2. The van der Waals surface area contributed by atoms with Crippen molar-refractivity contribution in [3.05, 3.63) is 41.8 Å². The minimum absolute atomic E-state index is 0. The Hall–Kier alpha value is -2.03. The molecule has 0 aliphatic heterocycles. The number of aromatic nitrogens is 2. The summed E-state index contributed by atoms with van der Waals surface area (Å²) in [6.07, 6.45) is 4.47. The third-order valence-electron chi connectivity index (χ3n) is 5.48. The Balaban J connectivity index is 0.000000621. The average molecular weight is 594 g/mol. The number of benzene rings is 1. The monoisotopic (exact) mass is 593 g/mol. The fourth-order valence-electron chi connectivity index (χ4n) is 3.39. The largest absolute Gasteiger partial charge is 0.473 e. The Morgan fingerprint density at radius 1 is 0.950 bits per heavy atom. The molecule has 0 radical (unpaired) electrons. The van der Waals surface area contributed by atoms with Crippen LogP contribution in [-0.4, -0.2) is 35.8 Å². The van der Waals surface area contributed by atoms with Gasteiger partial charge in [-0.1, -0.05) is 74.1 Å². The maximum atomic E-state index is 11.1. The maximum absolute atomic E-state index is 11.1. The molecular weight excluding hydrogens is 539 g/mol. The van der Waals surface area contributed by atoms with E-state index in [0.717, 1.165) is 40.4 Å². The van der Waals surface area contributed by atoms with Crippen LogP contribution in [0.1, 0.15) is 103 Å². The Bertz CT molecular complexity index is 1210. The lowest BCUT2D eigenvalue weighted by molar-refractivity contribution is 0.234. The predicted molar refractivity (Wildman–Crippen MR) is 176 cm³/mol. The third kappa shape index (κ3) is 14.0. The van der Waals surface area contributed by atoms with Crippen LogP contribution in [-0.2, 0) is 10.0 Å². The summed E-state index contributed by atoms with van der Waals surface area (Å²) in [7, 11) is -2.94. The molecule has 1 aliphatic rings. The van der Waals surface area contributed by atoms with Gasteiger partial charge >= 0.3 is 0 Å². The Morgan fingerprint density at radius 2 is 1.52 bits per heavy atom. The van der Waals surface area contributed by atoms with Crippen molar-refractivity contribution in [2.75, 3.05) is 0 Å². The Morgan fingerprint density at radius 3 is 1.93 bits per heavy atom. The molecule has 40 heavy (non-hydrogen) atoms. The van der Waals surface area contributed by atoms with Gasteiger partial charge in [0.15, 0.2) is 0 Å². The van der Waals surface area contributed by atoms with E-state index in [-0.39, 0.29) is 32.2 Å². The van der Waals surface area contributed by atoms with Crippen LogP contribution < -0.4 is 9.46 Å². The molecule has 0 saturated heterocycles. The highest BCUT2D eigenvalue weighted by atomic mass is 32.2. The van der Waals surface area contributed by atoms with Crippen LogP contribution >= 0.6 is 11.3 Å². The van der Waals surface area contributed by atoms with Gasteiger partial charge in [-0.25, -0.2) is 23.1 Å². The van der Waals surface area contributed by atoms with Gasteiger partial charge in [0, 0.05) is 6.04 Å². The van der Waals surface area contributed by atoms with Gasteiger partial charge in [0.25, 0.3) is 0 Å². The molecule has 2 heterocycles. The molecule has 0 atom stereocenters. The van der Waals surface area contributed by atoms with Crippen molar-refractivity contribution in [1.82, 2.24) is 14.7 Å². The number of hydrogen-bond donors (Lipinski definition) is 1. The van der Waals surface area contributed by atoms with Gasteiger partial charge in [0.2, 0.25) is 15.9 Å². The first kappa shape index (κ1) is 38.0. The molecule has 0 amide bonds. The Kier molecular flexibility index (Phi) is 16.2. The van der Waals surface area contributed by atoms with Crippen LogP contribution in [0.4, 0.5) is 0 Å². The smallest absolute Gasteiger partial charge is 0.242 e. The molecule has 8 heteroatoms. The number of nitrogens with zero attached hydrogens (tertiary/aromatic N) is 2. The lowest BCUT2D eigenvalue weighted by Gasteiger charge is -2.18. The minimum Gasteiger partial charge on any atom is -0.473 e. The van der Waals surface area contributed by atoms with Crippen molar-refractivity contribution in [2.45, 2.75) is 120 Å². The number of hydrogen-bond acceptors (Lipinski definition) is 6. The van der Waals surface area contributed by atoms with E-state index >= 15 is 0 Å². The van der Waals surface area contributed by atoms with Crippen molar-refractivity contribution >= 4 is 32.4 Å². The standard InChI is InChI=1S/C15H14N2OS.C9H20.C6H13NO2S.2CH4/c1-10(2)18-15-14(13-8-5-9-19-13)16-11-6-3-4-7-12(11)17-15;1-8(2)6-7-9(3,4)5;1-5(2)7-10(8,9)6-3-4-6;;/h3-10H,1-2H3;8H,6-7H2,1-5H3;5-7H,3-4H2,1-2H3;2*1H4. The van der Waals surface area contributed by atoms with Crippen molar-refractivity contribution < 1.29 is 13.2 Å². The number of ether oxygens (including phenoxy) is 1. The molecule has 0 unspecified atom stereocenters. The zero-order chi connectivity index (χ0) is 28.5. The number of rotatable bonds is 8. The van der Waals surface area contributed by atoms with Gasteiger partial charge in [0.05, 0.1) is 27.3 Å². The highest BCUT2D eigenvalue weighted by Crippen LogP contribution is 2.32. The zero-order valence-electron chi connectivity index (χ0n) is 24.6. The van der Waals surface area contributed by atoms with E-state index in [1.54, 1.807) is 11.3 Å². The van der Waals surface area contributed by atoms with Crippen LogP contribution in [0, 0.1) is 11.3 Å². The zero-order valence-corrected chi connectivity index (χ0v) is 26.2. The molecular formula is C32H55N3O3S2. The number of sulfonamides is 1. The highest BCUT2D eigenvalue weighted by Gasteiger charge is 2.35. The second-order valence-corrected chi connectivity index (χ2v) is 15.0. The van der Waals surface area contributed by atoms with Crippen molar-refractivity contribution in [3.63, 3.8) is 0 Å². The van der Waals surface area contributed by atoms with E-state index in [1.165, 1.54) is 12.8 Å². The van der Waals surface area contributed by atoms with E-state index in [1.807, 2.05) is 69.5 Å². The minimum atomic E-state index is -2.94. The molecule has 1 saturated carbocycles. The highest BCUT2D eigenvalue weighted by molar-refractivity contribution is 7.90. The molecule has 1 fully saturated rings. The molecule has 0 bridgehead atoms. The third-order valence-corrected chi connectivity index (χ3v) is 8.50. The lowest BCUT2D eigenvalue weighted by atomic mass is 9.88. The molecule has 2 aromatic heterocycles. The first-order valence-corrected chi connectivity index (χ1v) is 16.1. The van der Waals surface area contributed by atoms with Gasteiger partial charge in [-0.05, 0) is 81.9 Å². The normalized spacial score (nSPS) is 13.1. The summed E-state index contributed by atoms with van der Waals surface area (Å²) in [6, 6.07) is 11.9. The topological polar surface area (TPSA) is 81.2 Å². The Labute approximate surface area is 249 Å². The van der Waals surface area contributed by atoms with Crippen LogP contribution in [0.15, 0.2) is 41.8 Å². The summed E-state index contributed by atoms with van der Waals surface area (Å²) >= 11 is 1.64. The second kappa shape index (κ2) is 17.0. The summed E-state index contributed by atoms with van der Waals surface area (Å²) in [5, 5.41) is 1.95. The summed E-state index contributed by atoms with van der Waals surface area (Å²) < 4.78 is 30.5. The first-order chi connectivity index (χ1) is 17.7. The van der Waals surface area contributed by atoms with E-state index in [0.29, 0.717) is 11.3 Å². The fraction of sp³-hybridized carbons (Fsp3) is 0.625. The first-order valence-electron chi connectivity index (χ1n) is 13.7. The summed E-state index contributed by atoms with van der Waals surface area (Å²) in [5.74, 6) is 1.47. The molecule has 228 valence electrons. The number of fused-ring (bicyclic) bond motifs is 1. The molecule has 1 N–H and O–H groups in total. The summed E-state index contributed by atoms with van der Waals surface area (Å²) in [6.45, 7) is 19.1. The van der Waals surface area contributed by atoms with Gasteiger partial charge in [0.1, 0.15) is 5.69 Å². The molecule has 4 rings (SSSR count). The van der Waals surface area contributed by atoms with Crippen LogP contribution in [0.5, 0.6) is 5.88 Å². The number of thiophene rings is 1. The fourth-order valence-corrected chi connectivity index (χ4v) is 5.70. The molecule has 3 aromatic rings. The predicted octanol–water partition coefficient (Wildman–Crippen LogP) is 9.36. The quantitative estimate of drug-likeness (QED) is 0.281. The van der Waals surface area contributed by atoms with Crippen LogP contribution in [0.3, 0.4) is 0 Å². The second-order valence-electron chi connectivity index (χ2n) is 12.0. The van der Waals surface area contributed by atoms with E-state index in [9.17, 15) is 8.42 Å². The van der Waals surface area contributed by atoms with E-state index in [4.69, 9.17) is 9.72 Å².